The minimum Gasteiger partial charge on any atom is -0.477 e. The van der Waals surface area contributed by atoms with Crippen LogP contribution in [0, 0.1) is 0 Å². The molecule has 1 fully saturated rings. The Bertz CT molecular complexity index is 550. The van der Waals surface area contributed by atoms with Gasteiger partial charge in [-0.1, -0.05) is 0 Å². The van der Waals surface area contributed by atoms with Crippen LogP contribution in [0.25, 0.3) is 0 Å². The fourth-order valence-electron chi connectivity index (χ4n) is 1.81. The maximum Gasteiger partial charge on any atom is 0.345 e. The molecule has 0 amide bonds. The van der Waals surface area contributed by atoms with Crippen LogP contribution >= 0.6 is 11.3 Å². The van der Waals surface area contributed by atoms with Crippen molar-refractivity contribution in [2.75, 3.05) is 20.2 Å². The molecule has 0 radical (unpaired) electrons. The van der Waals surface area contributed by atoms with E-state index >= 15 is 0 Å². The third-order valence-corrected chi connectivity index (χ3v) is 6.23. The number of hydrogen-bond donors (Lipinski definition) is 1. The minimum atomic E-state index is -3.59. The third-order valence-electron chi connectivity index (χ3n) is 2.83. The van der Waals surface area contributed by atoms with E-state index < -0.39 is 16.0 Å². The fourth-order valence-corrected chi connectivity index (χ4v) is 4.60. The van der Waals surface area contributed by atoms with E-state index in [0.717, 1.165) is 11.3 Å². The molecule has 1 aromatic heterocycles. The molecule has 2 rings (SSSR count). The average Bonchev–Trinajstić information content (AvgIpc) is 2.98. The van der Waals surface area contributed by atoms with Crippen molar-refractivity contribution < 1.29 is 23.1 Å². The van der Waals surface area contributed by atoms with Crippen molar-refractivity contribution in [3.05, 3.63) is 17.0 Å². The van der Waals surface area contributed by atoms with Crippen LogP contribution in [0.5, 0.6) is 0 Å². The molecule has 0 spiro atoms. The second-order valence-electron chi connectivity index (χ2n) is 3.93. The molecular formula is C10H13NO5S2. The number of thiophene rings is 1. The van der Waals surface area contributed by atoms with Crippen LogP contribution in [0.1, 0.15) is 16.1 Å². The van der Waals surface area contributed by atoms with E-state index in [9.17, 15) is 13.2 Å². The molecule has 100 valence electrons. The summed E-state index contributed by atoms with van der Waals surface area (Å²) in [6.07, 6.45) is 0.575. The van der Waals surface area contributed by atoms with Gasteiger partial charge in [0.15, 0.2) is 0 Å². The Morgan fingerprint density at radius 3 is 2.78 bits per heavy atom. The van der Waals surface area contributed by atoms with Crippen molar-refractivity contribution in [1.82, 2.24) is 4.31 Å². The quantitative estimate of drug-likeness (QED) is 0.889. The zero-order valence-electron chi connectivity index (χ0n) is 9.70. The normalized spacial score (nSPS) is 21.3. The van der Waals surface area contributed by atoms with E-state index in [1.165, 1.54) is 16.4 Å². The number of sulfonamides is 1. The van der Waals surface area contributed by atoms with Crippen LogP contribution in [0.3, 0.4) is 0 Å². The highest BCUT2D eigenvalue weighted by Crippen LogP contribution is 2.27. The molecule has 1 aromatic rings. The number of aromatic carboxylic acids is 1. The van der Waals surface area contributed by atoms with E-state index in [1.54, 1.807) is 7.11 Å². The van der Waals surface area contributed by atoms with Crippen LogP contribution in [0.2, 0.25) is 0 Å². The smallest absolute Gasteiger partial charge is 0.345 e. The first-order valence-electron chi connectivity index (χ1n) is 5.31. The molecule has 0 saturated carbocycles. The number of rotatable bonds is 4. The zero-order chi connectivity index (χ0) is 13.3. The lowest BCUT2D eigenvalue weighted by Crippen LogP contribution is -2.29. The number of carboxylic acids is 1. The zero-order valence-corrected chi connectivity index (χ0v) is 11.3. The molecule has 8 heteroatoms. The molecular weight excluding hydrogens is 278 g/mol. The van der Waals surface area contributed by atoms with Gasteiger partial charge >= 0.3 is 5.97 Å². The fraction of sp³-hybridized carbons (Fsp3) is 0.500. The van der Waals surface area contributed by atoms with Gasteiger partial charge in [0.25, 0.3) is 10.0 Å². The van der Waals surface area contributed by atoms with Crippen molar-refractivity contribution in [3.63, 3.8) is 0 Å². The Morgan fingerprint density at radius 2 is 2.28 bits per heavy atom. The van der Waals surface area contributed by atoms with Crippen molar-refractivity contribution in [2.45, 2.75) is 16.7 Å². The first-order valence-corrected chi connectivity index (χ1v) is 7.57. The average molecular weight is 291 g/mol. The summed E-state index contributed by atoms with van der Waals surface area (Å²) in [6, 6.07) is 2.65. The molecule has 0 aliphatic carbocycles. The SMILES string of the molecule is CO[C@H]1CCN(S(=O)(=O)c2ccc(C(=O)O)s2)C1. The van der Waals surface area contributed by atoms with Gasteiger partial charge in [0.05, 0.1) is 6.10 Å². The molecule has 1 atom stereocenters. The Kier molecular flexibility index (Phi) is 3.71. The van der Waals surface area contributed by atoms with Crippen LogP contribution in [-0.4, -0.2) is 50.1 Å². The summed E-state index contributed by atoms with van der Waals surface area (Å²) < 4.78 is 31.0. The van der Waals surface area contributed by atoms with E-state index in [2.05, 4.69) is 0 Å². The standard InChI is InChI=1S/C10H13NO5S2/c1-16-7-4-5-11(6-7)18(14,15)9-3-2-8(17-9)10(12)13/h2-3,7H,4-6H2,1H3,(H,12,13)/t7-/m0/s1. The van der Waals surface area contributed by atoms with Crippen LogP contribution in [0.15, 0.2) is 16.3 Å². The summed E-state index contributed by atoms with van der Waals surface area (Å²) in [7, 11) is -2.04. The topological polar surface area (TPSA) is 83.9 Å². The first-order chi connectivity index (χ1) is 8.45. The van der Waals surface area contributed by atoms with Gasteiger partial charge in [-0.25, -0.2) is 13.2 Å². The highest BCUT2D eigenvalue weighted by Gasteiger charge is 2.33. The van der Waals surface area contributed by atoms with Crippen molar-refractivity contribution in [3.8, 4) is 0 Å². The molecule has 18 heavy (non-hydrogen) atoms. The molecule has 0 bridgehead atoms. The highest BCUT2D eigenvalue weighted by molar-refractivity contribution is 7.91. The lowest BCUT2D eigenvalue weighted by molar-refractivity contribution is 0.0702. The lowest BCUT2D eigenvalue weighted by Gasteiger charge is -2.14. The molecule has 1 saturated heterocycles. The Morgan fingerprint density at radius 1 is 1.56 bits per heavy atom. The van der Waals surface area contributed by atoms with Crippen molar-refractivity contribution in [2.24, 2.45) is 0 Å². The van der Waals surface area contributed by atoms with Gasteiger partial charge in [0, 0.05) is 20.2 Å². The Balaban J connectivity index is 2.23. The largest absolute Gasteiger partial charge is 0.477 e. The van der Waals surface area contributed by atoms with E-state index in [4.69, 9.17) is 9.84 Å². The second-order valence-corrected chi connectivity index (χ2v) is 7.18. The summed E-state index contributed by atoms with van der Waals surface area (Å²) >= 11 is 0.774. The van der Waals surface area contributed by atoms with Crippen molar-refractivity contribution in [1.29, 1.82) is 0 Å². The number of carbonyl (C=O) groups is 1. The number of nitrogens with zero attached hydrogens (tertiary/aromatic N) is 1. The number of ether oxygens (including phenoxy) is 1. The summed E-state index contributed by atoms with van der Waals surface area (Å²) in [5.41, 5.74) is 0. The Hall–Kier alpha value is -0.960. The van der Waals surface area contributed by atoms with Gasteiger partial charge in [-0.2, -0.15) is 4.31 Å². The summed E-state index contributed by atoms with van der Waals surface area (Å²) in [6.45, 7) is 0.723. The Labute approximate surface area is 109 Å². The maximum atomic E-state index is 12.2. The summed E-state index contributed by atoms with van der Waals surface area (Å²) in [5, 5.41) is 8.79. The molecule has 1 aliphatic heterocycles. The van der Waals surface area contributed by atoms with Gasteiger partial charge in [0.1, 0.15) is 9.09 Å². The van der Waals surface area contributed by atoms with E-state index in [-0.39, 0.29) is 15.2 Å². The molecule has 0 aromatic carbocycles. The van der Waals surface area contributed by atoms with Gasteiger partial charge in [-0.15, -0.1) is 11.3 Å². The second kappa shape index (κ2) is 4.96. The molecule has 6 nitrogen and oxygen atoms in total. The first kappa shape index (κ1) is 13.5. The highest BCUT2D eigenvalue weighted by atomic mass is 32.2. The number of carboxylic acid groups (broad SMARTS) is 1. The van der Waals surface area contributed by atoms with Crippen molar-refractivity contribution >= 4 is 27.3 Å². The predicted molar refractivity (Wildman–Crippen MR) is 65.5 cm³/mol. The lowest BCUT2D eigenvalue weighted by atomic mass is 10.3. The van der Waals surface area contributed by atoms with Crippen LogP contribution in [-0.2, 0) is 14.8 Å². The van der Waals surface area contributed by atoms with Gasteiger partial charge in [-0.05, 0) is 18.6 Å². The third kappa shape index (κ3) is 2.41. The molecule has 0 unspecified atom stereocenters. The van der Waals surface area contributed by atoms with E-state index in [1.807, 2.05) is 0 Å². The summed E-state index contributed by atoms with van der Waals surface area (Å²) in [5.74, 6) is -1.11. The van der Waals surface area contributed by atoms with E-state index in [0.29, 0.717) is 19.5 Å². The van der Waals surface area contributed by atoms with Crippen LogP contribution in [0.4, 0.5) is 0 Å². The maximum absolute atomic E-state index is 12.2. The number of hydrogen-bond acceptors (Lipinski definition) is 5. The monoisotopic (exact) mass is 291 g/mol. The van der Waals surface area contributed by atoms with Gasteiger partial charge in [-0.3, -0.25) is 0 Å². The number of methoxy groups -OCH3 is 1. The molecule has 1 N–H and O–H groups in total. The van der Waals surface area contributed by atoms with Crippen LogP contribution < -0.4 is 0 Å². The molecule has 1 aliphatic rings. The van der Waals surface area contributed by atoms with Gasteiger partial charge in [0.2, 0.25) is 0 Å². The summed E-state index contributed by atoms with van der Waals surface area (Å²) in [4.78, 5) is 10.8. The minimum absolute atomic E-state index is 0.0241. The molecule has 2 heterocycles. The van der Waals surface area contributed by atoms with Gasteiger partial charge < -0.3 is 9.84 Å². The predicted octanol–water partition coefficient (Wildman–Crippen LogP) is 0.856.